The van der Waals surface area contributed by atoms with Gasteiger partial charge < -0.3 is 4.90 Å². The molecule has 0 saturated carbocycles. The summed E-state index contributed by atoms with van der Waals surface area (Å²) < 4.78 is 0. The van der Waals surface area contributed by atoms with E-state index in [0.717, 1.165) is 32.0 Å². The second-order valence-corrected chi connectivity index (χ2v) is 5.07. The maximum Gasteiger partial charge on any atom is 0.161 e. The Bertz CT molecular complexity index is 426. The predicted octanol–water partition coefficient (Wildman–Crippen LogP) is 2.20. The number of pyridine rings is 1. The maximum atomic E-state index is 11.2. The molecule has 1 unspecified atom stereocenters. The predicted molar refractivity (Wildman–Crippen MR) is 77.8 cm³/mol. The number of carbonyl (C=O) groups is 1. The van der Waals surface area contributed by atoms with Gasteiger partial charge in [0.2, 0.25) is 0 Å². The molecule has 1 fully saturated rings. The number of carbonyl (C=O) groups excluding carboxylic acids is 1. The lowest BCUT2D eigenvalue weighted by molar-refractivity contribution is 0.101. The van der Waals surface area contributed by atoms with Crippen LogP contribution in [0.2, 0.25) is 0 Å². The Morgan fingerprint density at radius 3 is 2.68 bits per heavy atom. The first-order chi connectivity index (χ1) is 9.15. The van der Waals surface area contributed by atoms with Crippen molar-refractivity contribution < 1.29 is 4.79 Å². The lowest BCUT2D eigenvalue weighted by Gasteiger charge is -2.26. The van der Waals surface area contributed by atoms with Crippen molar-refractivity contribution in [2.45, 2.75) is 33.2 Å². The number of hydrogen-bond acceptors (Lipinski definition) is 4. The van der Waals surface area contributed by atoms with Gasteiger partial charge in [-0.3, -0.25) is 9.69 Å². The van der Waals surface area contributed by atoms with Crippen LogP contribution >= 0.6 is 0 Å². The summed E-state index contributed by atoms with van der Waals surface area (Å²) in [6.07, 6.45) is 2.88. The number of likely N-dealkylation sites (N-methyl/N-ethyl adjacent to an activating group) is 1. The molecule has 0 radical (unpaired) electrons. The van der Waals surface area contributed by atoms with Crippen molar-refractivity contribution in [3.05, 3.63) is 23.9 Å². The third-order valence-corrected chi connectivity index (χ3v) is 3.97. The van der Waals surface area contributed by atoms with Crippen molar-refractivity contribution >= 4 is 11.6 Å². The standard InChI is InChI=1S/C15H23N3O/c1-4-17(5-2)14-8-9-18(11-14)15-7-6-13(10-16-15)12(3)19/h6-7,10,14H,4-5,8-9,11H2,1-3H3. The lowest BCUT2D eigenvalue weighted by atomic mass is 10.2. The highest BCUT2D eigenvalue weighted by Gasteiger charge is 2.26. The fourth-order valence-electron chi connectivity index (χ4n) is 2.77. The van der Waals surface area contributed by atoms with Crippen LogP contribution < -0.4 is 4.90 Å². The quantitative estimate of drug-likeness (QED) is 0.761. The second kappa shape index (κ2) is 6.15. The number of nitrogens with zero attached hydrogens (tertiary/aromatic N) is 3. The molecule has 0 N–H and O–H groups in total. The van der Waals surface area contributed by atoms with Crippen LogP contribution in [0.25, 0.3) is 0 Å². The lowest BCUT2D eigenvalue weighted by Crippen LogP contribution is -2.37. The van der Waals surface area contributed by atoms with Crippen LogP contribution in [0.4, 0.5) is 5.82 Å². The molecule has 2 rings (SSSR count). The monoisotopic (exact) mass is 261 g/mol. The van der Waals surface area contributed by atoms with Gasteiger partial charge in [0.1, 0.15) is 5.82 Å². The van der Waals surface area contributed by atoms with E-state index < -0.39 is 0 Å². The molecule has 0 spiro atoms. The number of aromatic nitrogens is 1. The summed E-state index contributed by atoms with van der Waals surface area (Å²) in [6.45, 7) is 10.3. The SMILES string of the molecule is CCN(CC)C1CCN(c2ccc(C(C)=O)cn2)C1. The van der Waals surface area contributed by atoms with E-state index in [-0.39, 0.29) is 5.78 Å². The van der Waals surface area contributed by atoms with Gasteiger partial charge in [-0.2, -0.15) is 0 Å². The first-order valence-electron chi connectivity index (χ1n) is 7.11. The van der Waals surface area contributed by atoms with Crippen molar-refractivity contribution in [3.63, 3.8) is 0 Å². The number of anilines is 1. The summed E-state index contributed by atoms with van der Waals surface area (Å²) in [5.74, 6) is 1.06. The number of ketones is 1. The van der Waals surface area contributed by atoms with Crippen LogP contribution in [0.1, 0.15) is 37.6 Å². The van der Waals surface area contributed by atoms with Gasteiger partial charge in [0.25, 0.3) is 0 Å². The van der Waals surface area contributed by atoms with Gasteiger partial charge in [-0.25, -0.2) is 4.98 Å². The van der Waals surface area contributed by atoms with Crippen LogP contribution in [-0.2, 0) is 0 Å². The third kappa shape index (κ3) is 3.13. The minimum absolute atomic E-state index is 0.0708. The fourth-order valence-corrected chi connectivity index (χ4v) is 2.77. The first-order valence-corrected chi connectivity index (χ1v) is 7.11. The zero-order valence-corrected chi connectivity index (χ0v) is 12.1. The van der Waals surface area contributed by atoms with E-state index in [1.807, 2.05) is 12.1 Å². The first kappa shape index (κ1) is 14.0. The van der Waals surface area contributed by atoms with E-state index in [1.54, 1.807) is 13.1 Å². The van der Waals surface area contributed by atoms with E-state index >= 15 is 0 Å². The van der Waals surface area contributed by atoms with Gasteiger partial charge in [0.05, 0.1) is 0 Å². The molecule has 0 bridgehead atoms. The second-order valence-electron chi connectivity index (χ2n) is 5.07. The summed E-state index contributed by atoms with van der Waals surface area (Å²) in [5, 5.41) is 0. The van der Waals surface area contributed by atoms with Gasteiger partial charge in [-0.1, -0.05) is 13.8 Å². The number of Topliss-reactive ketones (excluding diaryl/α,β-unsaturated/α-hetero) is 1. The van der Waals surface area contributed by atoms with E-state index in [4.69, 9.17) is 0 Å². The van der Waals surface area contributed by atoms with E-state index in [9.17, 15) is 4.79 Å². The van der Waals surface area contributed by atoms with Gasteiger partial charge in [0.15, 0.2) is 5.78 Å². The van der Waals surface area contributed by atoms with E-state index in [1.165, 1.54) is 6.42 Å². The average Bonchev–Trinajstić information content (AvgIpc) is 2.90. The van der Waals surface area contributed by atoms with E-state index in [0.29, 0.717) is 11.6 Å². The van der Waals surface area contributed by atoms with Crippen LogP contribution in [-0.4, -0.2) is 47.9 Å². The van der Waals surface area contributed by atoms with Crippen LogP contribution in [0, 0.1) is 0 Å². The maximum absolute atomic E-state index is 11.2. The highest BCUT2D eigenvalue weighted by atomic mass is 16.1. The van der Waals surface area contributed by atoms with Crippen molar-refractivity contribution in [1.82, 2.24) is 9.88 Å². The molecule has 1 aromatic heterocycles. The molecule has 1 saturated heterocycles. The van der Waals surface area contributed by atoms with Crippen molar-refractivity contribution in [3.8, 4) is 0 Å². The molecule has 1 aliphatic rings. The van der Waals surface area contributed by atoms with E-state index in [2.05, 4.69) is 28.6 Å². The summed E-state index contributed by atoms with van der Waals surface area (Å²) >= 11 is 0. The van der Waals surface area contributed by atoms with Crippen molar-refractivity contribution in [2.24, 2.45) is 0 Å². The Hall–Kier alpha value is -1.42. The molecule has 104 valence electrons. The largest absolute Gasteiger partial charge is 0.355 e. The topological polar surface area (TPSA) is 36.4 Å². The molecular formula is C15H23N3O. The molecule has 4 heteroatoms. The molecule has 0 aliphatic carbocycles. The molecule has 4 nitrogen and oxygen atoms in total. The van der Waals surface area contributed by atoms with Gasteiger partial charge in [0, 0.05) is 30.9 Å². The van der Waals surface area contributed by atoms with Crippen molar-refractivity contribution in [1.29, 1.82) is 0 Å². The molecule has 1 aliphatic heterocycles. The summed E-state index contributed by atoms with van der Waals surface area (Å²) in [5.41, 5.74) is 0.684. The minimum atomic E-state index is 0.0708. The van der Waals surface area contributed by atoms with Gasteiger partial charge in [-0.15, -0.1) is 0 Å². The highest BCUT2D eigenvalue weighted by molar-refractivity contribution is 5.93. The number of rotatable bonds is 5. The minimum Gasteiger partial charge on any atom is -0.355 e. The summed E-state index contributed by atoms with van der Waals surface area (Å²) in [7, 11) is 0. The van der Waals surface area contributed by atoms with Gasteiger partial charge in [-0.05, 0) is 38.6 Å². The van der Waals surface area contributed by atoms with Crippen LogP contribution in [0.3, 0.4) is 0 Å². The van der Waals surface area contributed by atoms with Crippen LogP contribution in [0.5, 0.6) is 0 Å². The molecule has 19 heavy (non-hydrogen) atoms. The van der Waals surface area contributed by atoms with Crippen molar-refractivity contribution in [2.75, 3.05) is 31.1 Å². The molecule has 0 amide bonds. The Morgan fingerprint density at radius 2 is 2.16 bits per heavy atom. The zero-order valence-electron chi connectivity index (χ0n) is 12.1. The Balaban J connectivity index is 2.02. The Morgan fingerprint density at radius 1 is 1.42 bits per heavy atom. The third-order valence-electron chi connectivity index (χ3n) is 3.97. The van der Waals surface area contributed by atoms with Crippen LogP contribution in [0.15, 0.2) is 18.3 Å². The molecule has 1 aromatic rings. The normalized spacial score (nSPS) is 19.2. The molecule has 0 aromatic carbocycles. The van der Waals surface area contributed by atoms with Gasteiger partial charge >= 0.3 is 0 Å². The summed E-state index contributed by atoms with van der Waals surface area (Å²) in [4.78, 5) is 20.5. The molecular weight excluding hydrogens is 238 g/mol. The Kier molecular flexibility index (Phi) is 4.53. The fraction of sp³-hybridized carbons (Fsp3) is 0.600. The zero-order chi connectivity index (χ0) is 13.8. The molecule has 1 atom stereocenters. The smallest absolute Gasteiger partial charge is 0.161 e. The highest BCUT2D eigenvalue weighted by Crippen LogP contribution is 2.21. The summed E-state index contributed by atoms with van der Waals surface area (Å²) in [6, 6.07) is 4.46. The average molecular weight is 261 g/mol. The Labute approximate surface area is 115 Å². The molecule has 2 heterocycles. The number of hydrogen-bond donors (Lipinski definition) is 0.